The van der Waals surface area contributed by atoms with Crippen LogP contribution in [0.5, 0.6) is 0 Å². The summed E-state index contributed by atoms with van der Waals surface area (Å²) in [4.78, 5) is 8.56. The summed E-state index contributed by atoms with van der Waals surface area (Å²) in [5.74, 6) is 0. The molecule has 0 aliphatic carbocycles. The van der Waals surface area contributed by atoms with E-state index in [1.54, 1.807) is 0 Å². The lowest BCUT2D eigenvalue weighted by Crippen LogP contribution is -2.41. The van der Waals surface area contributed by atoms with Crippen LogP contribution < -0.4 is 6.15 Å². The van der Waals surface area contributed by atoms with Gasteiger partial charge in [0.15, 0.2) is 0 Å². The summed E-state index contributed by atoms with van der Waals surface area (Å²) in [5, 5.41) is 13.9. The molecular formula is C23H53N2O3+. The van der Waals surface area contributed by atoms with Gasteiger partial charge in [-0.3, -0.25) is 0 Å². The highest BCUT2D eigenvalue weighted by Gasteiger charge is 2.13. The molecule has 0 unspecified atom stereocenters. The van der Waals surface area contributed by atoms with Crippen LogP contribution in [0, 0.1) is 0 Å². The summed E-state index contributed by atoms with van der Waals surface area (Å²) in [5.41, 5.74) is 0. The zero-order valence-electron chi connectivity index (χ0n) is 19.7. The summed E-state index contributed by atoms with van der Waals surface area (Å²) in [6, 6.07) is 0. The van der Waals surface area contributed by atoms with Gasteiger partial charge in [-0.1, -0.05) is 90.9 Å². The largest absolute Gasteiger partial charge is 0.503 e. The van der Waals surface area contributed by atoms with E-state index in [9.17, 15) is 0 Å². The molecule has 0 bridgehead atoms. The summed E-state index contributed by atoms with van der Waals surface area (Å²) in [6.45, 7) is 7.36. The molecule has 0 rings (SSSR count). The Morgan fingerprint density at radius 2 is 0.786 bits per heavy atom. The lowest BCUT2D eigenvalue weighted by Gasteiger charge is -2.30. The summed E-state index contributed by atoms with van der Waals surface area (Å²) in [7, 11) is 4.87. The summed E-state index contributed by atoms with van der Waals surface area (Å²) < 4.78 is 1.24. The molecule has 0 saturated carbocycles. The van der Waals surface area contributed by atoms with Crippen molar-refractivity contribution < 1.29 is 19.5 Å². The molecule has 0 aromatic carbocycles. The molecule has 0 heterocycles. The molecule has 0 radical (unpaired) electrons. The quantitative estimate of drug-likeness (QED) is 0.161. The molecule has 5 nitrogen and oxygen atoms in total. The van der Waals surface area contributed by atoms with E-state index in [-0.39, 0.29) is 6.15 Å². The number of quaternary nitrogens is 1. The number of nitrogens with zero attached hydrogens (tertiary/aromatic N) is 1. The van der Waals surface area contributed by atoms with Gasteiger partial charge in [-0.15, -0.1) is 0 Å². The van der Waals surface area contributed by atoms with Crippen molar-refractivity contribution in [2.75, 3.05) is 27.2 Å². The van der Waals surface area contributed by atoms with Crippen molar-refractivity contribution in [2.24, 2.45) is 0 Å². The molecule has 0 aromatic heterocycles. The van der Waals surface area contributed by atoms with E-state index in [0.717, 1.165) is 0 Å². The molecular weight excluding hydrogens is 352 g/mol. The van der Waals surface area contributed by atoms with Gasteiger partial charge in [-0.2, -0.15) is 0 Å². The third-order valence-electron chi connectivity index (χ3n) is 5.23. The van der Waals surface area contributed by atoms with Crippen molar-refractivity contribution in [1.29, 1.82) is 0 Å². The van der Waals surface area contributed by atoms with E-state index in [2.05, 4.69) is 27.9 Å². The molecule has 0 spiro atoms. The molecule has 5 N–H and O–H groups in total. The van der Waals surface area contributed by atoms with E-state index in [4.69, 9.17) is 15.0 Å². The van der Waals surface area contributed by atoms with Crippen molar-refractivity contribution in [3.63, 3.8) is 0 Å². The number of carboxylic acid groups (broad SMARTS) is 2. The Labute approximate surface area is 176 Å². The standard InChI is InChI=1S/C22H48N.CH2O3.H3N/c1-5-7-9-11-13-15-17-19-21-23(3,4)22-20-18-16-14-12-10-8-6-2;2-1(3)4;/h5-22H2,1-4H3;(H2,2,3,4);1H3/q+1;;. The highest BCUT2D eigenvalue weighted by molar-refractivity contribution is 5.53. The number of unbranched alkanes of at least 4 members (excludes halogenated alkanes) is 14. The van der Waals surface area contributed by atoms with Crippen molar-refractivity contribution in [2.45, 2.75) is 117 Å². The first-order valence-corrected chi connectivity index (χ1v) is 11.6. The molecule has 0 amide bonds. The van der Waals surface area contributed by atoms with E-state index in [0.29, 0.717) is 0 Å². The molecule has 5 heteroatoms. The fraction of sp³-hybridized carbons (Fsp3) is 0.957. The Hall–Kier alpha value is -0.810. The maximum Gasteiger partial charge on any atom is 0.503 e. The van der Waals surface area contributed by atoms with Crippen molar-refractivity contribution in [1.82, 2.24) is 6.15 Å². The second-order valence-corrected chi connectivity index (χ2v) is 8.62. The van der Waals surface area contributed by atoms with Crippen LogP contribution >= 0.6 is 0 Å². The Morgan fingerprint density at radius 1 is 0.571 bits per heavy atom. The zero-order chi connectivity index (χ0) is 20.8. The van der Waals surface area contributed by atoms with Crippen LogP contribution in [0.4, 0.5) is 4.79 Å². The van der Waals surface area contributed by atoms with Gasteiger partial charge in [0, 0.05) is 0 Å². The van der Waals surface area contributed by atoms with Crippen LogP contribution in [0.2, 0.25) is 0 Å². The summed E-state index contributed by atoms with van der Waals surface area (Å²) >= 11 is 0. The SMILES string of the molecule is CCCCCCCCCC[N+](C)(C)CCCCCCCCCC.N.O=C(O)O. The average molecular weight is 406 g/mol. The first kappa shape index (κ1) is 31.9. The normalized spacial score (nSPS) is 10.7. The molecule has 0 fully saturated rings. The van der Waals surface area contributed by atoms with Gasteiger partial charge < -0.3 is 20.8 Å². The van der Waals surface area contributed by atoms with Crippen LogP contribution in [0.15, 0.2) is 0 Å². The van der Waals surface area contributed by atoms with Crippen LogP contribution in [0.25, 0.3) is 0 Å². The fourth-order valence-corrected chi connectivity index (χ4v) is 3.46. The van der Waals surface area contributed by atoms with Crippen LogP contribution in [-0.4, -0.2) is 48.0 Å². The monoisotopic (exact) mass is 405 g/mol. The van der Waals surface area contributed by atoms with Gasteiger partial charge in [0.2, 0.25) is 0 Å². The topological polar surface area (TPSA) is 92.5 Å². The highest BCUT2D eigenvalue weighted by atomic mass is 16.6. The molecule has 0 aliphatic rings. The average Bonchev–Trinajstić information content (AvgIpc) is 2.59. The maximum absolute atomic E-state index is 8.56. The Kier molecular flexibility index (Phi) is 27.6. The minimum atomic E-state index is -1.83. The highest BCUT2D eigenvalue weighted by Crippen LogP contribution is 2.13. The van der Waals surface area contributed by atoms with Gasteiger partial charge >= 0.3 is 6.16 Å². The van der Waals surface area contributed by atoms with Gasteiger partial charge in [0.25, 0.3) is 0 Å². The van der Waals surface area contributed by atoms with E-state index in [1.807, 2.05) is 0 Å². The Bertz CT molecular complexity index is 284. The van der Waals surface area contributed by atoms with Crippen LogP contribution in [0.3, 0.4) is 0 Å². The third-order valence-corrected chi connectivity index (χ3v) is 5.23. The predicted octanol–water partition coefficient (Wildman–Crippen LogP) is 7.73. The first-order valence-electron chi connectivity index (χ1n) is 11.6. The fourth-order valence-electron chi connectivity index (χ4n) is 3.46. The van der Waals surface area contributed by atoms with Gasteiger partial charge in [-0.05, 0) is 25.7 Å². The first-order chi connectivity index (χ1) is 12.9. The summed E-state index contributed by atoms with van der Waals surface area (Å²) in [6.07, 6.45) is 21.2. The van der Waals surface area contributed by atoms with Gasteiger partial charge in [0.05, 0.1) is 27.2 Å². The van der Waals surface area contributed by atoms with Crippen molar-refractivity contribution in [3.05, 3.63) is 0 Å². The number of rotatable bonds is 18. The molecule has 0 aliphatic heterocycles. The lowest BCUT2D eigenvalue weighted by molar-refractivity contribution is -0.890. The van der Waals surface area contributed by atoms with E-state index < -0.39 is 6.16 Å². The molecule has 0 atom stereocenters. The second-order valence-electron chi connectivity index (χ2n) is 8.62. The Balaban J connectivity index is -0.00000113. The van der Waals surface area contributed by atoms with Gasteiger partial charge in [-0.25, -0.2) is 4.79 Å². The van der Waals surface area contributed by atoms with E-state index in [1.165, 1.54) is 120 Å². The minimum Gasteiger partial charge on any atom is -0.450 e. The maximum atomic E-state index is 8.56. The van der Waals surface area contributed by atoms with Crippen molar-refractivity contribution in [3.8, 4) is 0 Å². The molecule has 0 aromatic rings. The predicted molar refractivity (Wildman–Crippen MR) is 123 cm³/mol. The Morgan fingerprint density at radius 3 is 1.04 bits per heavy atom. The van der Waals surface area contributed by atoms with Gasteiger partial charge in [0.1, 0.15) is 0 Å². The molecule has 0 saturated heterocycles. The lowest BCUT2D eigenvalue weighted by atomic mass is 10.1. The number of hydrogen-bond acceptors (Lipinski definition) is 2. The van der Waals surface area contributed by atoms with E-state index >= 15 is 0 Å². The third kappa shape index (κ3) is 32.8. The molecule has 28 heavy (non-hydrogen) atoms. The van der Waals surface area contributed by atoms with Crippen molar-refractivity contribution >= 4 is 6.16 Å². The second kappa shape index (κ2) is 24.2. The number of hydrogen-bond donors (Lipinski definition) is 3. The number of carbonyl (C=O) groups is 1. The zero-order valence-corrected chi connectivity index (χ0v) is 19.7. The molecule has 172 valence electrons. The minimum absolute atomic E-state index is 0. The van der Waals surface area contributed by atoms with Crippen LogP contribution in [0.1, 0.15) is 117 Å². The van der Waals surface area contributed by atoms with Crippen LogP contribution in [-0.2, 0) is 0 Å². The smallest absolute Gasteiger partial charge is 0.450 e.